The highest BCUT2D eigenvalue weighted by Gasteiger charge is 1.98. The number of rotatable bonds is 1. The highest BCUT2D eigenvalue weighted by atomic mass is 32.1. The van der Waals surface area contributed by atoms with Crippen molar-refractivity contribution in [3.63, 3.8) is 0 Å². The predicted molar refractivity (Wildman–Crippen MR) is 39.5 cm³/mol. The molecule has 0 N–H and O–H groups in total. The zero-order valence-electron chi connectivity index (χ0n) is 4.53. The molecule has 0 aliphatic rings. The molecule has 0 aliphatic heterocycles. The molecule has 1 nitrogen and oxygen atoms in total. The standard InChI is InChI=1S/C5H7NS2/c1-4(7)5-2-8-3-6-5/h2-4,7H,1H3. The monoisotopic (exact) mass is 145 g/mol. The Kier molecular flexibility index (Phi) is 1.91. The Balaban J connectivity index is 2.77. The molecule has 0 fully saturated rings. The molecule has 1 heterocycles. The van der Waals surface area contributed by atoms with Crippen molar-refractivity contribution < 1.29 is 0 Å². The summed E-state index contributed by atoms with van der Waals surface area (Å²) < 4.78 is 0. The summed E-state index contributed by atoms with van der Waals surface area (Å²) in [5.74, 6) is 0. The van der Waals surface area contributed by atoms with Crippen LogP contribution in [-0.4, -0.2) is 4.98 Å². The lowest BCUT2D eigenvalue weighted by molar-refractivity contribution is 1.04. The Bertz CT molecular complexity index is 145. The van der Waals surface area contributed by atoms with E-state index < -0.39 is 0 Å². The first kappa shape index (κ1) is 6.11. The van der Waals surface area contributed by atoms with Gasteiger partial charge in [0.25, 0.3) is 0 Å². The number of hydrogen-bond acceptors (Lipinski definition) is 3. The van der Waals surface area contributed by atoms with Crippen LogP contribution in [0.1, 0.15) is 17.9 Å². The first-order valence-corrected chi connectivity index (χ1v) is 3.83. The molecule has 3 heteroatoms. The van der Waals surface area contributed by atoms with Crippen LogP contribution in [0.2, 0.25) is 0 Å². The van der Waals surface area contributed by atoms with Crippen molar-refractivity contribution in [2.75, 3.05) is 0 Å². The molecule has 0 saturated heterocycles. The molecule has 0 aromatic carbocycles. The maximum absolute atomic E-state index is 4.20. The number of aromatic nitrogens is 1. The summed E-state index contributed by atoms with van der Waals surface area (Å²) in [6, 6.07) is 0. The third kappa shape index (κ3) is 1.23. The van der Waals surface area contributed by atoms with Crippen LogP contribution in [0.15, 0.2) is 10.9 Å². The van der Waals surface area contributed by atoms with Crippen LogP contribution in [-0.2, 0) is 0 Å². The number of nitrogens with zero attached hydrogens (tertiary/aromatic N) is 1. The summed E-state index contributed by atoms with van der Waals surface area (Å²) >= 11 is 5.81. The second-order valence-electron chi connectivity index (χ2n) is 1.59. The Labute approximate surface area is 58.2 Å². The molecular formula is C5H7NS2. The largest absolute Gasteiger partial charge is 0.249 e. The minimum Gasteiger partial charge on any atom is -0.249 e. The minimum absolute atomic E-state index is 0.279. The zero-order chi connectivity index (χ0) is 5.98. The Morgan fingerprint density at radius 2 is 2.62 bits per heavy atom. The first-order chi connectivity index (χ1) is 3.80. The minimum atomic E-state index is 0.279. The van der Waals surface area contributed by atoms with E-state index in [4.69, 9.17) is 0 Å². The summed E-state index contributed by atoms with van der Waals surface area (Å²) in [6.07, 6.45) is 0. The van der Waals surface area contributed by atoms with Gasteiger partial charge in [0, 0.05) is 10.6 Å². The Morgan fingerprint density at radius 1 is 1.88 bits per heavy atom. The molecule has 0 bridgehead atoms. The maximum atomic E-state index is 4.20. The van der Waals surface area contributed by atoms with E-state index in [1.165, 1.54) is 0 Å². The fraction of sp³-hybridized carbons (Fsp3) is 0.400. The summed E-state index contributed by atoms with van der Waals surface area (Å²) in [7, 11) is 0. The summed E-state index contributed by atoms with van der Waals surface area (Å²) in [4.78, 5) is 4.06. The molecule has 0 aliphatic carbocycles. The van der Waals surface area contributed by atoms with Crippen LogP contribution in [0.25, 0.3) is 0 Å². The predicted octanol–water partition coefficient (Wildman–Crippen LogP) is 2.13. The molecule has 0 radical (unpaired) electrons. The van der Waals surface area contributed by atoms with Gasteiger partial charge in [0.15, 0.2) is 0 Å². The lowest BCUT2D eigenvalue weighted by atomic mass is 10.4. The molecule has 44 valence electrons. The lowest BCUT2D eigenvalue weighted by Gasteiger charge is -1.93. The molecule has 0 amide bonds. The van der Waals surface area contributed by atoms with E-state index in [1.54, 1.807) is 11.3 Å². The van der Waals surface area contributed by atoms with Gasteiger partial charge in [-0.15, -0.1) is 11.3 Å². The zero-order valence-corrected chi connectivity index (χ0v) is 6.25. The Hall–Kier alpha value is -0.0200. The molecule has 0 saturated carbocycles. The highest BCUT2D eigenvalue weighted by molar-refractivity contribution is 7.80. The van der Waals surface area contributed by atoms with Crippen LogP contribution in [0.5, 0.6) is 0 Å². The molecule has 0 spiro atoms. The average Bonchev–Trinajstić information content (AvgIpc) is 2.12. The SMILES string of the molecule is CC(S)c1cscn1. The Morgan fingerprint density at radius 3 is 2.88 bits per heavy atom. The van der Waals surface area contributed by atoms with Crippen molar-refractivity contribution in [3.05, 3.63) is 16.6 Å². The third-order valence-electron chi connectivity index (χ3n) is 0.879. The van der Waals surface area contributed by atoms with Gasteiger partial charge in [-0.2, -0.15) is 12.6 Å². The van der Waals surface area contributed by atoms with Crippen LogP contribution in [0.3, 0.4) is 0 Å². The van der Waals surface area contributed by atoms with Gasteiger partial charge < -0.3 is 0 Å². The van der Waals surface area contributed by atoms with Gasteiger partial charge in [0.2, 0.25) is 0 Å². The van der Waals surface area contributed by atoms with Gasteiger partial charge in [-0.05, 0) is 6.92 Å². The number of thiol groups is 1. The highest BCUT2D eigenvalue weighted by Crippen LogP contribution is 2.17. The van der Waals surface area contributed by atoms with E-state index in [1.807, 2.05) is 17.8 Å². The molecule has 1 aromatic heterocycles. The van der Waals surface area contributed by atoms with E-state index in [9.17, 15) is 0 Å². The smallest absolute Gasteiger partial charge is 0.0795 e. The summed E-state index contributed by atoms with van der Waals surface area (Å²) in [6.45, 7) is 2.01. The fourth-order valence-corrected chi connectivity index (χ4v) is 1.32. The van der Waals surface area contributed by atoms with E-state index in [-0.39, 0.29) is 5.25 Å². The van der Waals surface area contributed by atoms with Crippen molar-refractivity contribution in [2.24, 2.45) is 0 Å². The summed E-state index contributed by atoms with van der Waals surface area (Å²) in [5, 5.41) is 2.29. The van der Waals surface area contributed by atoms with E-state index in [0.717, 1.165) is 5.69 Å². The van der Waals surface area contributed by atoms with Crippen molar-refractivity contribution in [1.82, 2.24) is 4.98 Å². The number of hydrogen-bond donors (Lipinski definition) is 1. The van der Waals surface area contributed by atoms with Crippen LogP contribution < -0.4 is 0 Å². The quantitative estimate of drug-likeness (QED) is 0.597. The molecule has 1 aromatic rings. The van der Waals surface area contributed by atoms with Crippen molar-refractivity contribution >= 4 is 24.0 Å². The van der Waals surface area contributed by atoms with Crippen LogP contribution in [0.4, 0.5) is 0 Å². The summed E-state index contributed by atoms with van der Waals surface area (Å²) in [5.41, 5.74) is 2.89. The van der Waals surface area contributed by atoms with Gasteiger partial charge >= 0.3 is 0 Å². The normalized spacial score (nSPS) is 13.8. The average molecular weight is 145 g/mol. The topological polar surface area (TPSA) is 12.9 Å². The molecule has 1 atom stereocenters. The van der Waals surface area contributed by atoms with Gasteiger partial charge in [-0.1, -0.05) is 0 Å². The van der Waals surface area contributed by atoms with Crippen molar-refractivity contribution in [3.8, 4) is 0 Å². The first-order valence-electron chi connectivity index (χ1n) is 2.37. The maximum Gasteiger partial charge on any atom is 0.0795 e. The second-order valence-corrected chi connectivity index (χ2v) is 3.08. The fourth-order valence-electron chi connectivity index (χ4n) is 0.428. The van der Waals surface area contributed by atoms with Gasteiger partial charge in [0.1, 0.15) is 0 Å². The van der Waals surface area contributed by atoms with E-state index in [2.05, 4.69) is 17.6 Å². The molecular weight excluding hydrogens is 138 g/mol. The molecule has 8 heavy (non-hydrogen) atoms. The number of thiazole rings is 1. The van der Waals surface area contributed by atoms with E-state index >= 15 is 0 Å². The van der Waals surface area contributed by atoms with Gasteiger partial charge in [-0.25, -0.2) is 4.98 Å². The van der Waals surface area contributed by atoms with Crippen LogP contribution in [0, 0.1) is 0 Å². The van der Waals surface area contributed by atoms with E-state index in [0.29, 0.717) is 0 Å². The molecule has 1 rings (SSSR count). The lowest BCUT2D eigenvalue weighted by Crippen LogP contribution is -1.80. The van der Waals surface area contributed by atoms with Crippen molar-refractivity contribution in [1.29, 1.82) is 0 Å². The van der Waals surface area contributed by atoms with Crippen LogP contribution >= 0.6 is 24.0 Å². The van der Waals surface area contributed by atoms with Crippen molar-refractivity contribution in [2.45, 2.75) is 12.2 Å². The third-order valence-corrected chi connectivity index (χ3v) is 1.75. The molecule has 1 unspecified atom stereocenters. The second kappa shape index (κ2) is 2.51. The van der Waals surface area contributed by atoms with Gasteiger partial charge in [0.05, 0.1) is 11.2 Å². The van der Waals surface area contributed by atoms with Gasteiger partial charge in [-0.3, -0.25) is 0 Å².